The topological polar surface area (TPSA) is 102 Å². The van der Waals surface area contributed by atoms with Gasteiger partial charge in [-0.3, -0.25) is 14.1 Å². The summed E-state index contributed by atoms with van der Waals surface area (Å²) in [4.78, 5) is 26.4. The van der Waals surface area contributed by atoms with Crippen molar-refractivity contribution in [2.24, 2.45) is 11.1 Å². The lowest BCUT2D eigenvalue weighted by Gasteiger charge is -2.39. The number of hydrogen-bond donors (Lipinski definition) is 2. The molecule has 230 valence electrons. The van der Waals surface area contributed by atoms with Crippen LogP contribution in [-0.4, -0.2) is 53.4 Å². The smallest absolute Gasteiger partial charge is 0.318 e. The summed E-state index contributed by atoms with van der Waals surface area (Å²) in [5.74, 6) is 0.681. The van der Waals surface area contributed by atoms with E-state index in [-0.39, 0.29) is 18.0 Å². The van der Waals surface area contributed by atoms with Gasteiger partial charge in [-0.1, -0.05) is 37.7 Å². The highest BCUT2D eigenvalue weighted by atomic mass is 32.2. The van der Waals surface area contributed by atoms with Gasteiger partial charge in [-0.15, -0.1) is 4.31 Å². The Hall–Kier alpha value is -2.10. The molecule has 1 saturated heterocycles. The van der Waals surface area contributed by atoms with Crippen molar-refractivity contribution < 1.29 is 18.5 Å². The molecule has 2 heterocycles. The minimum Gasteiger partial charge on any atom is -0.598 e. The van der Waals surface area contributed by atoms with Crippen LogP contribution in [0.3, 0.4) is 0 Å². The van der Waals surface area contributed by atoms with Gasteiger partial charge >= 0.3 is 6.03 Å². The Bertz CT molecular complexity index is 1050. The third-order valence-electron chi connectivity index (χ3n) is 9.19. The van der Waals surface area contributed by atoms with Crippen LogP contribution in [0.4, 0.5) is 14.9 Å². The predicted molar refractivity (Wildman–Crippen MR) is 167 cm³/mol. The molecule has 1 spiro atoms. The Morgan fingerprint density at radius 3 is 2.20 bits per heavy atom. The van der Waals surface area contributed by atoms with Crippen molar-refractivity contribution in [2.75, 3.05) is 37.5 Å². The van der Waals surface area contributed by atoms with Crippen molar-refractivity contribution in [3.8, 4) is 0 Å². The van der Waals surface area contributed by atoms with E-state index in [0.717, 1.165) is 92.3 Å². The van der Waals surface area contributed by atoms with Crippen molar-refractivity contribution in [1.29, 1.82) is 0 Å². The van der Waals surface area contributed by atoms with Crippen LogP contribution in [0, 0.1) is 19.3 Å². The summed E-state index contributed by atoms with van der Waals surface area (Å²) in [6.45, 7) is 7.30. The molecule has 9 heteroatoms. The van der Waals surface area contributed by atoms with Gasteiger partial charge in [0.25, 0.3) is 0 Å². The van der Waals surface area contributed by atoms with Crippen molar-refractivity contribution in [3.05, 3.63) is 40.1 Å². The second kappa shape index (κ2) is 15.9. The third-order valence-corrected chi connectivity index (χ3v) is 10.7. The minimum atomic E-state index is -1.12. The molecule has 2 aliphatic rings. The van der Waals surface area contributed by atoms with Crippen molar-refractivity contribution >= 4 is 29.0 Å². The van der Waals surface area contributed by atoms with E-state index in [4.69, 9.17) is 5.73 Å². The number of amides is 3. The Balaban J connectivity index is 1.46. The quantitative estimate of drug-likeness (QED) is 0.194. The Kier molecular flexibility index (Phi) is 13.0. The van der Waals surface area contributed by atoms with Gasteiger partial charge in [0.1, 0.15) is 5.75 Å². The van der Waals surface area contributed by atoms with Crippen molar-refractivity contribution in [2.45, 2.75) is 104 Å². The molecule has 41 heavy (non-hydrogen) atoms. The highest BCUT2D eigenvalue weighted by molar-refractivity contribution is 7.89. The summed E-state index contributed by atoms with van der Waals surface area (Å²) in [6, 6.07) is 3.40. The molecule has 1 aromatic carbocycles. The molecule has 2 aliphatic heterocycles. The highest BCUT2D eigenvalue weighted by Crippen LogP contribution is 2.41. The normalized spacial score (nSPS) is 18.3. The first-order chi connectivity index (χ1) is 19.6. The number of nitrogens with two attached hydrogens (primary N) is 1. The largest absolute Gasteiger partial charge is 0.598 e. The maximum absolute atomic E-state index is 13.5. The number of benzene rings is 1. The first-order valence-electron chi connectivity index (χ1n) is 15.4. The van der Waals surface area contributed by atoms with E-state index < -0.39 is 17.4 Å². The SMILES string of the molecule is CC1=C(CCCCCCCCCF)NC(=O)C2(CC1)CCN([S+]([O-])CCc1c(C)cc(N(C)C(N)=O)cc1C)CC2. The Morgan fingerprint density at radius 2 is 1.61 bits per heavy atom. The lowest BCUT2D eigenvalue weighted by Crippen LogP contribution is -2.49. The number of urea groups is 1. The van der Waals surface area contributed by atoms with Crippen molar-refractivity contribution in [3.63, 3.8) is 0 Å². The van der Waals surface area contributed by atoms with Crippen LogP contribution in [0.15, 0.2) is 23.4 Å². The standard InChI is InChI=1S/C32H51FN4O3S/c1-24-13-15-32(30(38)35-29(24)12-10-8-6-5-7-9-11-18-33)16-19-37(20-17-32)41(40)21-14-28-25(2)22-27(23-26(28)3)36(4)31(34)39/h22-23H,5-21H2,1-4H3,(H2,34,39)(H,35,38). The number of nitrogens with one attached hydrogen (secondary N) is 1. The zero-order valence-corrected chi connectivity index (χ0v) is 26.5. The average molecular weight is 591 g/mol. The number of unbranched alkanes of at least 4 members (excludes halogenated alkanes) is 6. The Labute approximate surface area is 249 Å². The first kappa shape index (κ1) is 33.4. The van der Waals surface area contributed by atoms with Gasteiger partial charge in [0, 0.05) is 49.3 Å². The molecule has 3 amide bonds. The van der Waals surface area contributed by atoms with Gasteiger partial charge in [0.15, 0.2) is 0 Å². The zero-order chi connectivity index (χ0) is 30.0. The third kappa shape index (κ3) is 9.19. The summed E-state index contributed by atoms with van der Waals surface area (Å²) in [6.07, 6.45) is 12.2. The number of primary amides is 1. The second-order valence-corrected chi connectivity index (χ2v) is 13.6. The average Bonchev–Trinajstić information content (AvgIpc) is 3.05. The molecule has 3 rings (SSSR count). The van der Waals surface area contributed by atoms with E-state index in [0.29, 0.717) is 31.7 Å². The minimum absolute atomic E-state index is 0.147. The zero-order valence-electron chi connectivity index (χ0n) is 25.7. The van der Waals surface area contributed by atoms with E-state index in [9.17, 15) is 18.5 Å². The highest BCUT2D eigenvalue weighted by Gasteiger charge is 2.44. The molecule has 0 aliphatic carbocycles. The van der Waals surface area contributed by atoms with Crippen LogP contribution in [0.1, 0.15) is 101 Å². The number of nitrogens with zero attached hydrogens (tertiary/aromatic N) is 2. The van der Waals surface area contributed by atoms with Crippen LogP contribution < -0.4 is 16.0 Å². The van der Waals surface area contributed by atoms with Gasteiger partial charge < -0.3 is 15.6 Å². The van der Waals surface area contributed by atoms with Gasteiger partial charge in [-0.05, 0) is 94.5 Å². The molecule has 0 aromatic heterocycles. The number of rotatable bonds is 14. The number of carbonyl (C=O) groups is 2. The lowest BCUT2D eigenvalue weighted by molar-refractivity contribution is -0.132. The molecule has 3 N–H and O–H groups in total. The number of anilines is 1. The summed E-state index contributed by atoms with van der Waals surface area (Å²) in [5.41, 5.74) is 11.5. The number of halogens is 1. The second-order valence-electron chi connectivity index (χ2n) is 12.1. The first-order valence-corrected chi connectivity index (χ1v) is 16.7. The number of aryl methyl sites for hydroxylation is 2. The van der Waals surface area contributed by atoms with Gasteiger partial charge in [-0.25, -0.2) is 4.79 Å². The summed E-state index contributed by atoms with van der Waals surface area (Å²) < 4.78 is 27.5. The van der Waals surface area contributed by atoms with E-state index in [1.54, 1.807) is 7.05 Å². The molecule has 1 atom stereocenters. The number of piperidine rings is 1. The van der Waals surface area contributed by atoms with E-state index in [1.165, 1.54) is 16.9 Å². The summed E-state index contributed by atoms with van der Waals surface area (Å²) in [7, 11) is 1.66. The maximum atomic E-state index is 13.5. The number of hydrogen-bond acceptors (Lipinski definition) is 4. The van der Waals surface area contributed by atoms with E-state index >= 15 is 0 Å². The molecule has 7 nitrogen and oxygen atoms in total. The predicted octanol–water partition coefficient (Wildman–Crippen LogP) is 6.38. The van der Waals surface area contributed by atoms with Crippen LogP contribution in [0.25, 0.3) is 0 Å². The molecule has 1 aromatic rings. The van der Waals surface area contributed by atoms with Crippen LogP contribution >= 0.6 is 0 Å². The van der Waals surface area contributed by atoms with E-state index in [2.05, 4.69) is 12.2 Å². The van der Waals surface area contributed by atoms with E-state index in [1.807, 2.05) is 30.3 Å². The maximum Gasteiger partial charge on any atom is 0.318 e. The fourth-order valence-corrected chi connectivity index (χ4v) is 7.45. The molecular formula is C32H51FN4O3S. The summed E-state index contributed by atoms with van der Waals surface area (Å²) >= 11 is -1.12. The van der Waals surface area contributed by atoms with Gasteiger partial charge in [0.2, 0.25) is 5.91 Å². The molecule has 0 bridgehead atoms. The van der Waals surface area contributed by atoms with Crippen LogP contribution in [-0.2, 0) is 22.6 Å². The molecular weight excluding hydrogens is 539 g/mol. The summed E-state index contributed by atoms with van der Waals surface area (Å²) in [5, 5.41) is 3.30. The molecule has 0 radical (unpaired) electrons. The van der Waals surface area contributed by atoms with Gasteiger partial charge in [-0.2, -0.15) is 0 Å². The van der Waals surface area contributed by atoms with Gasteiger partial charge in [0.05, 0.1) is 12.1 Å². The molecule has 1 fully saturated rings. The number of alkyl halides is 1. The molecule has 1 unspecified atom stereocenters. The van der Waals surface area contributed by atoms with Crippen LogP contribution in [0.2, 0.25) is 0 Å². The fourth-order valence-electron chi connectivity index (χ4n) is 6.22. The number of allylic oxidation sites excluding steroid dienone is 2. The Morgan fingerprint density at radius 1 is 1.02 bits per heavy atom. The monoisotopic (exact) mass is 590 g/mol. The number of carbonyl (C=O) groups excluding carboxylic acids is 2. The van der Waals surface area contributed by atoms with Crippen LogP contribution in [0.5, 0.6) is 0 Å². The fraction of sp³-hybridized carbons (Fsp3) is 0.688. The molecule has 0 saturated carbocycles. The lowest BCUT2D eigenvalue weighted by atomic mass is 9.74. The van der Waals surface area contributed by atoms with Crippen molar-refractivity contribution in [1.82, 2.24) is 9.62 Å².